The van der Waals surface area contributed by atoms with Crippen LogP contribution in [0.5, 0.6) is 0 Å². The number of carboxylic acids is 4. The molecule has 0 aliphatic rings. The van der Waals surface area contributed by atoms with E-state index in [-0.39, 0.29) is 247 Å². The molecule has 4 atom stereocenters. The van der Waals surface area contributed by atoms with Crippen molar-refractivity contribution < 1.29 is 125 Å². The smallest absolute Gasteiger partial charge is 0.326 e. The summed E-state index contributed by atoms with van der Waals surface area (Å²) in [5.74, 6) is -7.53. The van der Waals surface area contributed by atoms with Crippen LogP contribution in [0, 0.1) is 17.8 Å². The third kappa shape index (κ3) is 68.3. The van der Waals surface area contributed by atoms with Crippen molar-refractivity contribution in [2.45, 2.75) is 251 Å². The molecule has 31 nitrogen and oxygen atoms in total. The number of carbonyl (C=O) groups is 14. The number of Topliss-reactive ketones (excluding diaryl/α,β-unsaturated/α-hetero) is 5. The summed E-state index contributed by atoms with van der Waals surface area (Å²) in [6.07, 6.45) is 20.1. The first-order chi connectivity index (χ1) is 51.5. The van der Waals surface area contributed by atoms with E-state index in [0.29, 0.717) is 103 Å². The normalized spacial score (nSPS) is 12.3. The molecule has 0 saturated heterocycles. The minimum Gasteiger partial charge on any atom is -0.481 e. The van der Waals surface area contributed by atoms with E-state index in [4.69, 9.17) is 48.1 Å². The Balaban J connectivity index is 3.83. The van der Waals surface area contributed by atoms with Gasteiger partial charge in [-0.3, -0.25) is 62.3 Å². The van der Waals surface area contributed by atoms with Crippen molar-refractivity contribution in [3.8, 4) is 0 Å². The van der Waals surface area contributed by atoms with Gasteiger partial charge in [0.25, 0.3) is 0 Å². The first-order valence-corrected chi connectivity index (χ1v) is 39.0. The van der Waals surface area contributed by atoms with Gasteiger partial charge in [0.2, 0.25) is 29.5 Å². The van der Waals surface area contributed by atoms with Crippen LogP contribution >= 0.6 is 0 Å². The second-order valence-electron chi connectivity index (χ2n) is 27.0. The zero-order chi connectivity index (χ0) is 79.2. The zero-order valence-electron chi connectivity index (χ0n) is 64.2. The molecule has 9 N–H and O–H groups in total. The van der Waals surface area contributed by atoms with Gasteiger partial charge >= 0.3 is 23.9 Å². The van der Waals surface area contributed by atoms with E-state index >= 15 is 0 Å². The summed E-state index contributed by atoms with van der Waals surface area (Å²) >= 11 is 0. The van der Waals surface area contributed by atoms with Crippen LogP contribution in [0.25, 0.3) is 0 Å². The van der Waals surface area contributed by atoms with E-state index in [1.165, 1.54) is 6.92 Å². The van der Waals surface area contributed by atoms with Crippen molar-refractivity contribution in [3.05, 3.63) is 0 Å². The second-order valence-corrected chi connectivity index (χ2v) is 27.0. The highest BCUT2D eigenvalue weighted by molar-refractivity contribution is 5.88. The molecule has 0 heterocycles. The number of carbonyl (C=O) groups excluding carboxylic acids is 10. The molecule has 0 aliphatic heterocycles. The number of amides is 5. The van der Waals surface area contributed by atoms with E-state index in [2.05, 4.69) is 26.6 Å². The first-order valence-electron chi connectivity index (χ1n) is 39.0. The number of hydrogen-bond acceptors (Lipinski definition) is 22. The number of rotatable bonds is 81. The zero-order valence-corrected chi connectivity index (χ0v) is 64.2. The van der Waals surface area contributed by atoms with E-state index in [9.17, 15) is 77.3 Å². The Labute approximate surface area is 632 Å². The summed E-state index contributed by atoms with van der Waals surface area (Å²) in [6, 6.07) is -1.15. The lowest BCUT2D eigenvalue weighted by Gasteiger charge is -2.16. The number of ether oxygens (including phenoxy) is 8. The molecule has 616 valence electrons. The molecule has 0 aromatic heterocycles. The average Bonchev–Trinajstić information content (AvgIpc) is 1.04. The van der Waals surface area contributed by atoms with Crippen molar-refractivity contribution in [2.24, 2.45) is 17.8 Å². The molecule has 0 saturated carbocycles. The van der Waals surface area contributed by atoms with Gasteiger partial charge in [-0.05, 0) is 84.0 Å². The average molecular weight is 1530 g/mol. The molecular formula is C76H131N5O26. The van der Waals surface area contributed by atoms with E-state index in [1.807, 2.05) is 6.92 Å². The molecule has 0 unspecified atom stereocenters. The number of nitrogens with one attached hydrogen (secondary N) is 5. The van der Waals surface area contributed by atoms with Crippen LogP contribution in [0.15, 0.2) is 0 Å². The maximum Gasteiger partial charge on any atom is 0.326 e. The fraction of sp³-hybridized carbons (Fsp3) is 0.816. The van der Waals surface area contributed by atoms with Crippen molar-refractivity contribution >= 4 is 82.3 Å². The molecule has 5 amide bonds. The molecule has 0 rings (SSSR count). The summed E-state index contributed by atoms with van der Waals surface area (Å²) in [4.78, 5) is 168. The summed E-state index contributed by atoms with van der Waals surface area (Å²) in [5, 5.41) is 49.9. The summed E-state index contributed by atoms with van der Waals surface area (Å²) < 4.78 is 43.3. The van der Waals surface area contributed by atoms with Gasteiger partial charge in [-0.15, -0.1) is 0 Å². The monoisotopic (exact) mass is 1530 g/mol. The predicted octanol–water partition coefficient (Wildman–Crippen LogP) is 7.18. The predicted molar refractivity (Wildman–Crippen MR) is 394 cm³/mol. The molecule has 0 fully saturated rings. The number of ketones is 5. The van der Waals surface area contributed by atoms with Gasteiger partial charge < -0.3 is 84.9 Å². The largest absolute Gasteiger partial charge is 0.481 e. The third-order valence-corrected chi connectivity index (χ3v) is 17.4. The lowest BCUT2D eigenvalue weighted by Crippen LogP contribution is -2.41. The SMILES string of the molecule is CC(=O)[C@H](CCCCNC(=O)COCCOCCCC(=O)COCCOCCNC(=O)CC[C@H](CC(=O)CCCCCCCCCCC(=O)O)C(=O)O)CC(=O)[C@@H](C)CCCCNC(=O)COCCOCCNC(=O)COCCOCCCC(=O)CC[C@H](NC(=O)CCCCCCCCCCC(=O)O)C(=O)O. The summed E-state index contributed by atoms with van der Waals surface area (Å²) in [6.45, 7) is 6.47. The van der Waals surface area contributed by atoms with Gasteiger partial charge in [0, 0.05) is 115 Å². The minimum atomic E-state index is -1.19. The van der Waals surface area contributed by atoms with Crippen LogP contribution in [0.4, 0.5) is 0 Å². The lowest BCUT2D eigenvalue weighted by atomic mass is 9.87. The lowest BCUT2D eigenvalue weighted by molar-refractivity contribution is -0.144. The van der Waals surface area contributed by atoms with Crippen molar-refractivity contribution in [1.29, 1.82) is 0 Å². The Hall–Kier alpha value is -6.74. The van der Waals surface area contributed by atoms with E-state index in [0.717, 1.165) is 77.0 Å². The van der Waals surface area contributed by atoms with Gasteiger partial charge in [0.1, 0.15) is 55.6 Å². The fourth-order valence-corrected chi connectivity index (χ4v) is 11.0. The molecule has 0 aliphatic carbocycles. The van der Waals surface area contributed by atoms with Crippen LogP contribution in [0.1, 0.15) is 245 Å². The van der Waals surface area contributed by atoms with Crippen LogP contribution in [0.2, 0.25) is 0 Å². The number of unbranched alkanes of at least 4 members (excludes halogenated alkanes) is 16. The van der Waals surface area contributed by atoms with Gasteiger partial charge in [-0.25, -0.2) is 4.79 Å². The van der Waals surface area contributed by atoms with Gasteiger partial charge in [0.05, 0.1) is 72.0 Å². The third-order valence-electron chi connectivity index (χ3n) is 17.4. The quantitative estimate of drug-likeness (QED) is 0.0272. The highest BCUT2D eigenvalue weighted by atomic mass is 16.5. The highest BCUT2D eigenvalue weighted by Gasteiger charge is 2.25. The van der Waals surface area contributed by atoms with E-state index in [1.54, 1.807) is 0 Å². The second kappa shape index (κ2) is 70.9. The Kier molecular flexibility index (Phi) is 66.4. The maximum absolute atomic E-state index is 13.0. The molecule has 0 aromatic rings. The van der Waals surface area contributed by atoms with Crippen molar-refractivity contribution in [2.75, 3.05) is 132 Å². The van der Waals surface area contributed by atoms with Crippen LogP contribution in [-0.2, 0) is 105 Å². The maximum atomic E-state index is 13.0. The minimum absolute atomic E-state index is 0.00570. The Bertz CT molecular complexity index is 2490. The number of hydrogen-bond donors (Lipinski definition) is 9. The molecule has 107 heavy (non-hydrogen) atoms. The van der Waals surface area contributed by atoms with Crippen LogP contribution in [0.3, 0.4) is 0 Å². The topological polar surface area (TPSA) is 454 Å². The number of carboxylic acid groups (broad SMARTS) is 4. The Morgan fingerprint density at radius 3 is 1.14 bits per heavy atom. The fourth-order valence-electron chi connectivity index (χ4n) is 11.0. The molecular weight excluding hydrogens is 1400 g/mol. The van der Waals surface area contributed by atoms with Crippen LogP contribution in [-0.4, -0.2) is 241 Å². The van der Waals surface area contributed by atoms with Gasteiger partial charge in [-0.1, -0.05) is 96.8 Å². The highest BCUT2D eigenvalue weighted by Crippen LogP contribution is 2.21. The molecule has 0 spiro atoms. The first kappa shape index (κ1) is 100. The Morgan fingerprint density at radius 1 is 0.290 bits per heavy atom. The molecule has 0 bridgehead atoms. The van der Waals surface area contributed by atoms with Gasteiger partial charge in [-0.2, -0.15) is 0 Å². The van der Waals surface area contributed by atoms with Gasteiger partial charge in [0.15, 0.2) is 5.78 Å². The molecule has 0 aromatic carbocycles. The summed E-state index contributed by atoms with van der Waals surface area (Å²) in [7, 11) is 0. The van der Waals surface area contributed by atoms with Crippen molar-refractivity contribution in [3.63, 3.8) is 0 Å². The van der Waals surface area contributed by atoms with Crippen LogP contribution < -0.4 is 26.6 Å². The number of aliphatic carboxylic acids is 4. The summed E-state index contributed by atoms with van der Waals surface area (Å²) in [5.41, 5.74) is 0. The molecule has 0 radical (unpaired) electrons. The van der Waals surface area contributed by atoms with Crippen molar-refractivity contribution in [1.82, 2.24) is 26.6 Å². The standard InChI is InChI=1S/C76H131N5O26/c1-59(25-19-21-37-77-70(89)57-107-52-48-103-44-40-80-72(91)58-106-51-45-100-41-23-28-63(83)34-35-66(76(98)99)81-69(88)30-16-12-8-4-6-10-14-18-32-74(94)95)67(86)54-61(60(2)82)26-20-22-38-78-71(90)56-105-50-46-101-42-24-29-65(85)55-104-49-47-102-43-39-79-68(87)36-33-62(75(96)97)53-64(84)27-15-11-7-3-5-9-13-17-31-73(92)93/h59,61-62,66H,3-58H2,1-2H3,(H,77,89)(H,78,90)(H,79,87)(H,80,91)(H,81,88)(H,92,93)(H,94,95)(H,96,97)(H,98,99)/t59-,61+,62+,66-/m0/s1. The molecule has 31 heteroatoms. The Morgan fingerprint density at radius 2 is 0.682 bits per heavy atom. The van der Waals surface area contributed by atoms with E-state index < -0.39 is 41.8 Å².